The number of fused-ring (bicyclic) bond motifs is 1. The molecule has 0 saturated carbocycles. The standard InChI is InChI=1S/C18H23ClN2O5/c1-18(2,3)26-16(25)5-4-14(22)21-9-7-12-11(6-8-20-17(12)19)13(21)10-15(23)24/h6,8,13H,4-5,7,9-10H2,1-3H3,(H,23,24). The average Bonchev–Trinajstić information content (AvgIpc) is 2.51. The van der Waals surface area contributed by atoms with Gasteiger partial charge in [-0.25, -0.2) is 4.98 Å². The van der Waals surface area contributed by atoms with Crippen molar-refractivity contribution in [3.05, 3.63) is 28.5 Å². The van der Waals surface area contributed by atoms with Crippen LogP contribution in [0.25, 0.3) is 0 Å². The van der Waals surface area contributed by atoms with Gasteiger partial charge in [-0.3, -0.25) is 14.4 Å². The zero-order valence-electron chi connectivity index (χ0n) is 15.1. The van der Waals surface area contributed by atoms with E-state index in [9.17, 15) is 19.5 Å². The van der Waals surface area contributed by atoms with Crippen LogP contribution in [0.4, 0.5) is 0 Å². The number of carboxylic acids is 1. The van der Waals surface area contributed by atoms with Crippen molar-refractivity contribution in [1.82, 2.24) is 9.88 Å². The highest BCUT2D eigenvalue weighted by atomic mass is 35.5. The zero-order chi connectivity index (χ0) is 19.5. The van der Waals surface area contributed by atoms with E-state index < -0.39 is 23.6 Å². The highest BCUT2D eigenvalue weighted by Crippen LogP contribution is 2.35. The maximum Gasteiger partial charge on any atom is 0.306 e. The third-order valence-corrected chi connectivity index (χ3v) is 4.35. The van der Waals surface area contributed by atoms with Crippen LogP contribution in [0, 0.1) is 0 Å². The minimum atomic E-state index is -1.01. The number of pyridine rings is 1. The maximum atomic E-state index is 12.6. The van der Waals surface area contributed by atoms with Gasteiger partial charge >= 0.3 is 11.9 Å². The monoisotopic (exact) mass is 382 g/mol. The van der Waals surface area contributed by atoms with E-state index in [2.05, 4.69) is 4.98 Å². The second-order valence-corrected chi connectivity index (χ2v) is 7.56. The smallest absolute Gasteiger partial charge is 0.306 e. The second kappa shape index (κ2) is 8.03. The fourth-order valence-electron chi connectivity index (χ4n) is 3.03. The molecule has 1 aliphatic rings. The normalized spacial score (nSPS) is 16.8. The van der Waals surface area contributed by atoms with E-state index in [4.69, 9.17) is 16.3 Å². The molecule has 1 unspecified atom stereocenters. The number of esters is 1. The van der Waals surface area contributed by atoms with E-state index in [1.54, 1.807) is 26.8 Å². The zero-order valence-corrected chi connectivity index (χ0v) is 15.9. The average molecular weight is 383 g/mol. The third-order valence-electron chi connectivity index (χ3n) is 4.03. The maximum absolute atomic E-state index is 12.6. The molecule has 1 aliphatic heterocycles. The van der Waals surface area contributed by atoms with Crippen molar-refractivity contribution in [2.45, 2.75) is 58.1 Å². The van der Waals surface area contributed by atoms with Crippen molar-refractivity contribution in [2.75, 3.05) is 6.54 Å². The van der Waals surface area contributed by atoms with Gasteiger partial charge in [-0.2, -0.15) is 0 Å². The summed E-state index contributed by atoms with van der Waals surface area (Å²) >= 11 is 6.11. The Labute approximate surface area is 157 Å². The first-order valence-electron chi connectivity index (χ1n) is 8.45. The summed E-state index contributed by atoms with van der Waals surface area (Å²) < 4.78 is 5.21. The first-order valence-corrected chi connectivity index (χ1v) is 8.82. The fraction of sp³-hybridized carbons (Fsp3) is 0.556. The van der Waals surface area contributed by atoms with Crippen molar-refractivity contribution in [2.24, 2.45) is 0 Å². The van der Waals surface area contributed by atoms with E-state index in [1.807, 2.05) is 0 Å². The molecule has 142 valence electrons. The van der Waals surface area contributed by atoms with Crippen molar-refractivity contribution in [3.63, 3.8) is 0 Å². The molecule has 1 amide bonds. The molecular formula is C18H23ClN2O5. The lowest BCUT2D eigenvalue weighted by Gasteiger charge is -2.37. The van der Waals surface area contributed by atoms with Gasteiger partial charge in [0.2, 0.25) is 5.91 Å². The summed E-state index contributed by atoms with van der Waals surface area (Å²) in [6, 6.07) is 1.07. The number of aliphatic carboxylic acids is 1. The summed E-state index contributed by atoms with van der Waals surface area (Å²) in [6.45, 7) is 5.61. The molecule has 2 heterocycles. The molecule has 0 bridgehead atoms. The SMILES string of the molecule is CC(C)(C)OC(=O)CCC(=O)N1CCc2c(ccnc2Cl)C1CC(=O)O. The molecule has 0 fully saturated rings. The summed E-state index contributed by atoms with van der Waals surface area (Å²) in [5.74, 6) is -1.74. The minimum Gasteiger partial charge on any atom is -0.481 e. The van der Waals surface area contributed by atoms with Crippen molar-refractivity contribution in [1.29, 1.82) is 0 Å². The number of hydrogen-bond donors (Lipinski definition) is 1. The Kier molecular flexibility index (Phi) is 6.23. The first kappa shape index (κ1) is 20.2. The number of aromatic nitrogens is 1. The van der Waals surface area contributed by atoms with Crippen LogP contribution in [0.2, 0.25) is 5.15 Å². The van der Waals surface area contributed by atoms with E-state index in [1.165, 1.54) is 11.1 Å². The molecule has 0 saturated heterocycles. The topological polar surface area (TPSA) is 96.8 Å². The molecule has 1 N–H and O–H groups in total. The molecule has 0 spiro atoms. The van der Waals surface area contributed by atoms with Crippen LogP contribution in [-0.2, 0) is 25.5 Å². The van der Waals surface area contributed by atoms with Gasteiger partial charge in [-0.1, -0.05) is 11.6 Å². The number of carbonyl (C=O) groups is 3. The molecule has 0 aliphatic carbocycles. The molecule has 0 radical (unpaired) electrons. The lowest BCUT2D eigenvalue weighted by atomic mass is 9.91. The molecule has 1 atom stereocenters. The number of hydrogen-bond acceptors (Lipinski definition) is 5. The molecular weight excluding hydrogens is 360 g/mol. The van der Waals surface area contributed by atoms with Crippen molar-refractivity contribution < 1.29 is 24.2 Å². The summed E-state index contributed by atoms with van der Waals surface area (Å²) in [7, 11) is 0. The van der Waals surface area contributed by atoms with Crippen LogP contribution >= 0.6 is 11.6 Å². The van der Waals surface area contributed by atoms with E-state index in [0.717, 1.165) is 5.56 Å². The molecule has 7 nitrogen and oxygen atoms in total. The number of rotatable bonds is 5. The van der Waals surface area contributed by atoms with Gasteiger partial charge < -0.3 is 14.7 Å². The summed E-state index contributed by atoms with van der Waals surface area (Å²) in [5.41, 5.74) is 0.862. The van der Waals surface area contributed by atoms with Gasteiger partial charge in [0, 0.05) is 19.2 Å². The summed E-state index contributed by atoms with van der Waals surface area (Å²) in [5, 5.41) is 9.58. The number of carbonyl (C=O) groups excluding carboxylic acids is 2. The Balaban J connectivity index is 2.13. The second-order valence-electron chi connectivity index (χ2n) is 7.21. The number of halogens is 1. The van der Waals surface area contributed by atoms with Crippen LogP contribution in [-0.4, -0.2) is 45.0 Å². The molecule has 8 heteroatoms. The van der Waals surface area contributed by atoms with Crippen LogP contribution in [0.15, 0.2) is 12.3 Å². The van der Waals surface area contributed by atoms with Crippen LogP contribution in [0.1, 0.15) is 57.2 Å². The van der Waals surface area contributed by atoms with Gasteiger partial charge in [-0.15, -0.1) is 0 Å². The van der Waals surface area contributed by atoms with Gasteiger partial charge in [-0.05, 0) is 44.4 Å². The van der Waals surface area contributed by atoms with Gasteiger partial charge in [0.05, 0.1) is 18.9 Å². The van der Waals surface area contributed by atoms with Gasteiger partial charge in [0.15, 0.2) is 0 Å². The Hall–Kier alpha value is -2.15. The first-order chi connectivity index (χ1) is 12.1. The fourth-order valence-corrected chi connectivity index (χ4v) is 3.29. The van der Waals surface area contributed by atoms with Crippen molar-refractivity contribution >= 4 is 29.4 Å². The summed E-state index contributed by atoms with van der Waals surface area (Å²) in [4.78, 5) is 41.3. The summed E-state index contributed by atoms with van der Waals surface area (Å²) in [6.07, 6.45) is 1.70. The van der Waals surface area contributed by atoms with Crippen LogP contribution < -0.4 is 0 Å². The lowest BCUT2D eigenvalue weighted by Crippen LogP contribution is -2.41. The molecule has 26 heavy (non-hydrogen) atoms. The van der Waals surface area contributed by atoms with Crippen molar-refractivity contribution in [3.8, 4) is 0 Å². The molecule has 1 aromatic rings. The van der Waals surface area contributed by atoms with E-state index in [0.29, 0.717) is 23.7 Å². The Bertz CT molecular complexity index is 714. The molecule has 2 rings (SSSR count). The quantitative estimate of drug-likeness (QED) is 0.621. The molecule has 0 aromatic carbocycles. The van der Waals surface area contributed by atoms with Gasteiger partial charge in [0.1, 0.15) is 10.8 Å². The minimum absolute atomic E-state index is 0.0286. The number of ether oxygens (including phenoxy) is 1. The number of amides is 1. The van der Waals surface area contributed by atoms with Gasteiger partial charge in [0.25, 0.3) is 0 Å². The molecule has 1 aromatic heterocycles. The predicted molar refractivity (Wildman–Crippen MR) is 94.7 cm³/mol. The van der Waals surface area contributed by atoms with Crippen LogP contribution in [0.5, 0.6) is 0 Å². The highest BCUT2D eigenvalue weighted by molar-refractivity contribution is 6.30. The van der Waals surface area contributed by atoms with E-state index in [-0.39, 0.29) is 25.2 Å². The third kappa shape index (κ3) is 5.17. The largest absolute Gasteiger partial charge is 0.481 e. The number of nitrogens with zero attached hydrogens (tertiary/aromatic N) is 2. The van der Waals surface area contributed by atoms with E-state index >= 15 is 0 Å². The Morgan fingerprint density at radius 1 is 1.35 bits per heavy atom. The number of carboxylic acid groups (broad SMARTS) is 1. The highest BCUT2D eigenvalue weighted by Gasteiger charge is 2.33. The van der Waals surface area contributed by atoms with Crippen LogP contribution in [0.3, 0.4) is 0 Å². The lowest BCUT2D eigenvalue weighted by molar-refractivity contribution is -0.157. The Morgan fingerprint density at radius 2 is 2.04 bits per heavy atom. The Morgan fingerprint density at radius 3 is 2.65 bits per heavy atom. The predicted octanol–water partition coefficient (Wildman–Crippen LogP) is 2.76.